The molecule has 0 bridgehead atoms. The Bertz CT molecular complexity index is 1190. The molecule has 2 aromatic heterocycles. The van der Waals surface area contributed by atoms with Gasteiger partial charge in [0.05, 0.1) is 24.2 Å². The lowest BCUT2D eigenvalue weighted by molar-refractivity contribution is -0.115. The minimum Gasteiger partial charge on any atom is -0.346 e. The molecule has 6 nitrogen and oxygen atoms in total. The molecular formula is C24H20N4O2. The first kappa shape index (κ1) is 19.3. The molecule has 0 spiro atoms. The Morgan fingerprint density at radius 3 is 2.53 bits per heavy atom. The second-order valence-corrected chi connectivity index (χ2v) is 6.80. The number of carbonyl (C=O) groups is 2. The monoisotopic (exact) mass is 396 g/mol. The number of nitrogens with zero attached hydrogens (tertiary/aromatic N) is 2. The molecule has 0 saturated heterocycles. The molecule has 148 valence electrons. The van der Waals surface area contributed by atoms with Crippen molar-refractivity contribution in [2.24, 2.45) is 0 Å². The number of nitrogens with one attached hydrogen (secondary N) is 2. The topological polar surface area (TPSA) is 84.0 Å². The Morgan fingerprint density at radius 2 is 1.67 bits per heavy atom. The number of anilines is 1. The molecule has 2 amide bonds. The van der Waals surface area contributed by atoms with E-state index in [1.807, 2.05) is 48.5 Å². The van der Waals surface area contributed by atoms with Crippen LogP contribution in [0.25, 0.3) is 10.9 Å². The van der Waals surface area contributed by atoms with Crippen LogP contribution in [0.2, 0.25) is 0 Å². The van der Waals surface area contributed by atoms with Gasteiger partial charge in [0, 0.05) is 29.0 Å². The minimum atomic E-state index is -0.227. The van der Waals surface area contributed by atoms with Crippen LogP contribution in [0.4, 0.5) is 5.69 Å². The average molecular weight is 396 g/mol. The first-order chi connectivity index (χ1) is 14.7. The third-order valence-electron chi connectivity index (χ3n) is 4.63. The predicted octanol–water partition coefficient (Wildman–Crippen LogP) is 3.74. The summed E-state index contributed by atoms with van der Waals surface area (Å²) >= 11 is 0. The predicted molar refractivity (Wildman–Crippen MR) is 116 cm³/mol. The highest BCUT2D eigenvalue weighted by Crippen LogP contribution is 2.17. The number of hydrogen-bond donors (Lipinski definition) is 2. The fourth-order valence-electron chi connectivity index (χ4n) is 3.20. The quantitative estimate of drug-likeness (QED) is 0.520. The second kappa shape index (κ2) is 8.96. The SMILES string of the molecule is O=C(Cc1cccc2cccnc12)Nc1cccc(C(=O)NCc2ccccn2)c1. The lowest BCUT2D eigenvalue weighted by atomic mass is 10.1. The first-order valence-electron chi connectivity index (χ1n) is 9.60. The number of aromatic nitrogens is 2. The van der Waals surface area contributed by atoms with Crippen LogP contribution in [-0.2, 0) is 17.8 Å². The van der Waals surface area contributed by atoms with E-state index >= 15 is 0 Å². The summed E-state index contributed by atoms with van der Waals surface area (Å²) in [6, 6.07) is 22.0. The Kier molecular flexibility index (Phi) is 5.75. The van der Waals surface area contributed by atoms with Gasteiger partial charge in [-0.2, -0.15) is 0 Å². The molecule has 4 rings (SSSR count). The molecule has 0 aliphatic rings. The van der Waals surface area contributed by atoms with Crippen molar-refractivity contribution in [1.82, 2.24) is 15.3 Å². The molecule has 0 aliphatic heterocycles. The molecule has 0 atom stereocenters. The lowest BCUT2D eigenvalue weighted by Crippen LogP contribution is -2.23. The average Bonchev–Trinajstić information content (AvgIpc) is 2.78. The normalized spacial score (nSPS) is 10.5. The van der Waals surface area contributed by atoms with Crippen LogP contribution in [0, 0.1) is 0 Å². The summed E-state index contributed by atoms with van der Waals surface area (Å²) in [7, 11) is 0. The molecule has 4 aromatic rings. The number of hydrogen-bond acceptors (Lipinski definition) is 4. The summed E-state index contributed by atoms with van der Waals surface area (Å²) in [5.41, 5.74) is 3.49. The number of fused-ring (bicyclic) bond motifs is 1. The van der Waals surface area contributed by atoms with E-state index in [9.17, 15) is 9.59 Å². The maximum absolute atomic E-state index is 12.6. The van der Waals surface area contributed by atoms with Crippen molar-refractivity contribution in [2.75, 3.05) is 5.32 Å². The number of benzene rings is 2. The molecule has 2 heterocycles. The summed E-state index contributed by atoms with van der Waals surface area (Å²) in [5, 5.41) is 6.69. The number of amides is 2. The van der Waals surface area contributed by atoms with E-state index < -0.39 is 0 Å². The van der Waals surface area contributed by atoms with Crippen LogP contribution in [0.5, 0.6) is 0 Å². The summed E-state index contributed by atoms with van der Waals surface area (Å²) < 4.78 is 0. The molecule has 0 fully saturated rings. The van der Waals surface area contributed by atoms with Gasteiger partial charge in [-0.05, 0) is 42.0 Å². The van der Waals surface area contributed by atoms with Gasteiger partial charge >= 0.3 is 0 Å². The van der Waals surface area contributed by atoms with Crippen molar-refractivity contribution >= 4 is 28.4 Å². The van der Waals surface area contributed by atoms with E-state index in [-0.39, 0.29) is 18.2 Å². The highest BCUT2D eigenvalue weighted by atomic mass is 16.2. The number of rotatable bonds is 6. The molecule has 0 unspecified atom stereocenters. The molecule has 2 aromatic carbocycles. The third kappa shape index (κ3) is 4.67. The zero-order valence-corrected chi connectivity index (χ0v) is 16.2. The van der Waals surface area contributed by atoms with Gasteiger partial charge in [0.2, 0.25) is 5.91 Å². The van der Waals surface area contributed by atoms with Gasteiger partial charge in [0.1, 0.15) is 0 Å². The molecular weight excluding hydrogens is 376 g/mol. The first-order valence-corrected chi connectivity index (χ1v) is 9.60. The van der Waals surface area contributed by atoms with E-state index in [2.05, 4.69) is 20.6 Å². The highest BCUT2D eigenvalue weighted by Gasteiger charge is 2.10. The van der Waals surface area contributed by atoms with Crippen LogP contribution in [0.3, 0.4) is 0 Å². The summed E-state index contributed by atoms with van der Waals surface area (Å²) in [6.07, 6.45) is 3.60. The Hall–Kier alpha value is -4.06. The molecule has 0 radical (unpaired) electrons. The molecule has 2 N–H and O–H groups in total. The van der Waals surface area contributed by atoms with Crippen LogP contribution in [-0.4, -0.2) is 21.8 Å². The summed E-state index contributed by atoms with van der Waals surface area (Å²) in [5.74, 6) is -0.394. The van der Waals surface area contributed by atoms with Crippen LogP contribution in [0.1, 0.15) is 21.6 Å². The van der Waals surface area contributed by atoms with Crippen LogP contribution in [0.15, 0.2) is 85.2 Å². The van der Waals surface area contributed by atoms with Gasteiger partial charge in [0.15, 0.2) is 0 Å². The van der Waals surface area contributed by atoms with Crippen molar-refractivity contribution in [2.45, 2.75) is 13.0 Å². The summed E-state index contributed by atoms with van der Waals surface area (Å²) in [4.78, 5) is 33.6. The van der Waals surface area contributed by atoms with Crippen LogP contribution >= 0.6 is 0 Å². The van der Waals surface area contributed by atoms with Crippen molar-refractivity contribution in [3.63, 3.8) is 0 Å². The Morgan fingerprint density at radius 1 is 0.833 bits per heavy atom. The minimum absolute atomic E-state index is 0.167. The zero-order chi connectivity index (χ0) is 20.8. The maximum atomic E-state index is 12.6. The van der Waals surface area contributed by atoms with Gasteiger partial charge in [0.25, 0.3) is 5.91 Å². The van der Waals surface area contributed by atoms with Crippen molar-refractivity contribution < 1.29 is 9.59 Å². The number of para-hydroxylation sites is 1. The molecule has 30 heavy (non-hydrogen) atoms. The van der Waals surface area contributed by atoms with Crippen LogP contribution < -0.4 is 10.6 Å². The largest absolute Gasteiger partial charge is 0.346 e. The van der Waals surface area contributed by atoms with Gasteiger partial charge in [-0.1, -0.05) is 36.4 Å². The molecule has 0 saturated carbocycles. The van der Waals surface area contributed by atoms with Gasteiger partial charge in [-0.15, -0.1) is 0 Å². The smallest absolute Gasteiger partial charge is 0.251 e. The van der Waals surface area contributed by atoms with Gasteiger partial charge < -0.3 is 10.6 Å². The zero-order valence-electron chi connectivity index (χ0n) is 16.2. The van der Waals surface area contributed by atoms with Gasteiger partial charge in [-0.3, -0.25) is 19.6 Å². The van der Waals surface area contributed by atoms with Crippen molar-refractivity contribution in [3.8, 4) is 0 Å². The van der Waals surface area contributed by atoms with Crippen molar-refractivity contribution in [1.29, 1.82) is 0 Å². The van der Waals surface area contributed by atoms with E-state index in [1.54, 1.807) is 36.7 Å². The third-order valence-corrected chi connectivity index (χ3v) is 4.63. The molecule has 6 heteroatoms. The molecule has 0 aliphatic carbocycles. The van der Waals surface area contributed by atoms with E-state index in [0.717, 1.165) is 22.2 Å². The fourth-order valence-corrected chi connectivity index (χ4v) is 3.20. The standard InChI is InChI=1S/C24H20N4O2/c29-22(15-18-7-3-6-17-9-5-13-26-23(17)18)28-20-11-4-8-19(14-20)24(30)27-16-21-10-1-2-12-25-21/h1-14H,15-16H2,(H,27,30)(H,28,29). The number of carbonyl (C=O) groups excluding carboxylic acids is 2. The Balaban J connectivity index is 1.41. The van der Waals surface area contributed by atoms with Crippen molar-refractivity contribution in [3.05, 3.63) is 102 Å². The Labute approximate surface area is 174 Å². The van der Waals surface area contributed by atoms with E-state index in [4.69, 9.17) is 0 Å². The highest BCUT2D eigenvalue weighted by molar-refractivity contribution is 5.98. The lowest BCUT2D eigenvalue weighted by Gasteiger charge is -2.09. The van der Waals surface area contributed by atoms with E-state index in [0.29, 0.717) is 17.8 Å². The van der Waals surface area contributed by atoms with E-state index in [1.165, 1.54) is 0 Å². The fraction of sp³-hybridized carbons (Fsp3) is 0.0833. The summed E-state index contributed by atoms with van der Waals surface area (Å²) in [6.45, 7) is 0.338. The second-order valence-electron chi connectivity index (χ2n) is 6.80. The maximum Gasteiger partial charge on any atom is 0.251 e. The number of pyridine rings is 2. The van der Waals surface area contributed by atoms with Gasteiger partial charge in [-0.25, -0.2) is 0 Å².